The summed E-state index contributed by atoms with van der Waals surface area (Å²) < 4.78 is 27.2. The van der Waals surface area contributed by atoms with Gasteiger partial charge in [0.15, 0.2) is 0 Å². The molecule has 0 bridgehead atoms. The zero-order valence-corrected chi connectivity index (χ0v) is 32.2. The average molecular weight is 766 g/mol. The van der Waals surface area contributed by atoms with E-state index in [2.05, 4.69) is 25.8 Å². The maximum Gasteiger partial charge on any atom is 0.270 e. The van der Waals surface area contributed by atoms with Gasteiger partial charge in [0.25, 0.3) is 5.91 Å². The summed E-state index contributed by atoms with van der Waals surface area (Å²) in [6.45, 7) is 6.73. The van der Waals surface area contributed by atoms with Crippen molar-refractivity contribution in [3.63, 3.8) is 0 Å². The summed E-state index contributed by atoms with van der Waals surface area (Å²) >= 11 is 0. The number of amides is 4. The van der Waals surface area contributed by atoms with E-state index >= 15 is 0 Å². The zero-order valence-electron chi connectivity index (χ0n) is 31.4. The van der Waals surface area contributed by atoms with Crippen molar-refractivity contribution in [1.29, 1.82) is 0 Å². The van der Waals surface area contributed by atoms with Crippen LogP contribution >= 0.6 is 0 Å². The number of piperidine rings is 1. The molecule has 54 heavy (non-hydrogen) atoms. The van der Waals surface area contributed by atoms with Crippen LogP contribution in [0.15, 0.2) is 66.7 Å². The molecule has 2 aromatic carbocycles. The molecule has 14 nitrogen and oxygen atoms in total. The van der Waals surface area contributed by atoms with Gasteiger partial charge in [-0.3, -0.25) is 24.1 Å². The first-order valence-corrected chi connectivity index (χ1v) is 20.1. The molecular formula is C39H53N6O8S-. The van der Waals surface area contributed by atoms with Crippen molar-refractivity contribution < 1.29 is 37.3 Å². The minimum absolute atomic E-state index is 0.0566. The molecule has 0 spiro atoms. The number of likely N-dealkylation sites (tertiary alicyclic amines) is 1. The number of carbonyl (C=O) groups is 4. The number of benzene rings is 2. The quantitative estimate of drug-likeness (QED) is 0.169. The van der Waals surface area contributed by atoms with Crippen molar-refractivity contribution >= 4 is 44.6 Å². The smallest absolute Gasteiger partial charge is 0.270 e. The Morgan fingerprint density at radius 1 is 0.963 bits per heavy atom. The minimum Gasteiger partial charge on any atom is -0.748 e. The number of nitrogens with two attached hydrogens (primary N) is 1. The van der Waals surface area contributed by atoms with Gasteiger partial charge in [0.1, 0.15) is 11.7 Å². The molecule has 1 saturated heterocycles. The number of para-hydroxylation sites is 1. The number of hydrogen-bond donors (Lipinski definition) is 5. The zero-order chi connectivity index (χ0) is 39.6. The van der Waals surface area contributed by atoms with E-state index in [1.165, 1.54) is 6.42 Å². The first-order chi connectivity index (χ1) is 25.4. The molecule has 2 aliphatic rings. The number of aliphatic hydroxyl groups excluding tert-OH is 1. The molecule has 1 aliphatic heterocycles. The Balaban J connectivity index is 0.00000122. The monoisotopic (exact) mass is 765 g/mol. The highest BCUT2D eigenvalue weighted by molar-refractivity contribution is 7.84. The van der Waals surface area contributed by atoms with Gasteiger partial charge in [0.2, 0.25) is 17.7 Å². The highest BCUT2D eigenvalue weighted by Gasteiger charge is 2.42. The second-order valence-corrected chi connectivity index (χ2v) is 16.8. The van der Waals surface area contributed by atoms with Crippen molar-refractivity contribution in [3.8, 4) is 0 Å². The second-order valence-electron chi connectivity index (χ2n) is 15.4. The Kier molecular flexibility index (Phi) is 14.7. The molecule has 15 heteroatoms. The molecule has 1 aromatic heterocycles. The fraction of sp³-hybridized carbons (Fsp3) is 0.513. The van der Waals surface area contributed by atoms with E-state index in [1.807, 2.05) is 69.3 Å². The summed E-state index contributed by atoms with van der Waals surface area (Å²) in [5, 5.41) is 21.4. The highest BCUT2D eigenvalue weighted by atomic mass is 32.2. The van der Waals surface area contributed by atoms with E-state index < -0.39 is 64.0 Å². The van der Waals surface area contributed by atoms with E-state index in [-0.39, 0.29) is 24.6 Å². The Morgan fingerprint density at radius 3 is 2.24 bits per heavy atom. The first-order valence-electron chi connectivity index (χ1n) is 18.3. The summed E-state index contributed by atoms with van der Waals surface area (Å²) in [6, 6.07) is 17.6. The fourth-order valence-electron chi connectivity index (χ4n) is 7.26. The summed E-state index contributed by atoms with van der Waals surface area (Å²) in [5.41, 5.74) is 6.70. The molecule has 2 fully saturated rings. The van der Waals surface area contributed by atoms with Crippen molar-refractivity contribution in [1.82, 2.24) is 25.8 Å². The van der Waals surface area contributed by atoms with Crippen LogP contribution in [0, 0.1) is 11.8 Å². The lowest BCUT2D eigenvalue weighted by molar-refractivity contribution is -0.133. The molecule has 2 heterocycles. The van der Waals surface area contributed by atoms with Crippen LogP contribution < -0.4 is 21.7 Å². The number of aliphatic hydroxyl groups is 1. The number of hydrogen-bond acceptors (Lipinski definition) is 10. The third-order valence-electron chi connectivity index (χ3n) is 9.67. The summed E-state index contributed by atoms with van der Waals surface area (Å²) in [7, 11) is -3.92. The Hall–Kier alpha value is -4.44. The summed E-state index contributed by atoms with van der Waals surface area (Å²) in [5.74, 6) is -1.20. The highest BCUT2D eigenvalue weighted by Crippen LogP contribution is 2.39. The van der Waals surface area contributed by atoms with Crippen molar-refractivity contribution in [2.45, 2.75) is 95.5 Å². The Bertz CT molecular complexity index is 1860. The van der Waals surface area contributed by atoms with E-state index in [0.29, 0.717) is 30.2 Å². The summed E-state index contributed by atoms with van der Waals surface area (Å²) in [4.78, 5) is 59.3. The van der Waals surface area contributed by atoms with E-state index in [9.17, 15) is 24.3 Å². The standard InChI is InChI=1S/C38H50N6O5.CH4O3S/c1-38(2,3)43-37(49)32-20-26-14-7-8-15-27(26)22-44(32)23-33(45)30(19-24-11-5-4-6-12-24)41-36(48)31(21-34(39)46)42-35(47)29-18-17-25-13-9-10-16-28(25)40-29;1-5(2,3)4/h4-6,9-13,16-18,26-27,30-33,45H,7-8,14-15,19-23H2,1-3H3,(H2,39,46)(H,41,48)(H,42,47)(H,43,49);1H3,(H,2,3,4)/p-1/t26-,27+,30-,31-,32-,33+;/m0./s1. The van der Waals surface area contributed by atoms with Gasteiger partial charge < -0.3 is 31.3 Å². The average Bonchev–Trinajstić information content (AvgIpc) is 3.09. The van der Waals surface area contributed by atoms with Gasteiger partial charge in [0, 0.05) is 30.3 Å². The molecule has 6 atom stereocenters. The normalized spacial score (nSPS) is 20.6. The van der Waals surface area contributed by atoms with Crippen molar-refractivity contribution in [3.05, 3.63) is 78.0 Å². The maximum absolute atomic E-state index is 13.8. The lowest BCUT2D eigenvalue weighted by atomic mass is 9.72. The number of primary amides is 1. The van der Waals surface area contributed by atoms with E-state index in [0.717, 1.165) is 36.6 Å². The number of pyridine rings is 1. The molecular weight excluding hydrogens is 713 g/mol. The van der Waals surface area contributed by atoms with Gasteiger partial charge in [-0.1, -0.05) is 73.9 Å². The van der Waals surface area contributed by atoms with E-state index in [4.69, 9.17) is 18.7 Å². The molecule has 1 aliphatic carbocycles. The number of aromatic nitrogens is 1. The van der Waals surface area contributed by atoms with Gasteiger partial charge in [0.05, 0.1) is 40.2 Å². The molecule has 1 saturated carbocycles. The number of nitrogens with one attached hydrogen (secondary N) is 3. The van der Waals surface area contributed by atoms with Crippen LogP contribution in [-0.2, 0) is 30.9 Å². The third kappa shape index (κ3) is 13.4. The second kappa shape index (κ2) is 18.7. The Morgan fingerprint density at radius 2 is 1.59 bits per heavy atom. The molecule has 0 unspecified atom stereocenters. The van der Waals surface area contributed by atoms with Crippen LogP contribution in [-0.4, -0.2) is 101 Å². The molecule has 3 aromatic rings. The fourth-order valence-corrected chi connectivity index (χ4v) is 7.26. The topological polar surface area (TPSA) is 224 Å². The third-order valence-corrected chi connectivity index (χ3v) is 9.67. The van der Waals surface area contributed by atoms with Gasteiger partial charge in [-0.25, -0.2) is 13.4 Å². The van der Waals surface area contributed by atoms with Crippen molar-refractivity contribution in [2.75, 3.05) is 19.3 Å². The largest absolute Gasteiger partial charge is 0.748 e. The molecule has 0 radical (unpaired) electrons. The number of β-amino-alcohol motifs (C(OH)–C–C–N with tert-alkyl or cyclic N) is 1. The van der Waals surface area contributed by atoms with Crippen molar-refractivity contribution in [2.24, 2.45) is 17.6 Å². The van der Waals surface area contributed by atoms with Crippen LogP contribution in [0.3, 0.4) is 0 Å². The van der Waals surface area contributed by atoms with Crippen LogP contribution in [0.25, 0.3) is 10.9 Å². The lowest BCUT2D eigenvalue weighted by Gasteiger charge is -2.47. The van der Waals surface area contributed by atoms with Gasteiger partial charge in [-0.15, -0.1) is 0 Å². The van der Waals surface area contributed by atoms with E-state index in [1.54, 1.807) is 18.2 Å². The lowest BCUT2D eigenvalue weighted by Crippen LogP contribution is -2.61. The first kappa shape index (κ1) is 42.3. The predicted octanol–water partition coefficient (Wildman–Crippen LogP) is 2.25. The van der Waals surface area contributed by atoms with Crippen LogP contribution in [0.1, 0.15) is 75.3 Å². The molecule has 294 valence electrons. The number of carbonyl (C=O) groups excluding carboxylic acids is 4. The summed E-state index contributed by atoms with van der Waals surface area (Å²) in [6.07, 6.45) is 4.63. The number of fused-ring (bicyclic) bond motifs is 2. The Labute approximate surface area is 317 Å². The van der Waals surface area contributed by atoms with Gasteiger partial charge in [-0.05, 0) is 69.6 Å². The number of rotatable bonds is 12. The number of nitrogens with zero attached hydrogens (tertiary/aromatic N) is 2. The van der Waals surface area contributed by atoms with Gasteiger partial charge >= 0.3 is 0 Å². The minimum atomic E-state index is -3.92. The van der Waals surface area contributed by atoms with Crippen LogP contribution in [0.2, 0.25) is 0 Å². The van der Waals surface area contributed by atoms with Crippen LogP contribution in [0.4, 0.5) is 0 Å². The SMILES string of the molecule is CC(C)(C)NC(=O)[C@@H]1C[C@@H]2CCCC[C@@H]2CN1C[C@@H](O)[C@H](Cc1ccccc1)NC(=O)[C@H](CC(N)=O)NC(=O)c1ccc2ccccc2n1.CS(=O)(=O)[O-]. The molecule has 5 rings (SSSR count). The molecule has 4 amide bonds. The predicted molar refractivity (Wildman–Crippen MR) is 204 cm³/mol. The maximum atomic E-state index is 13.8. The van der Waals surface area contributed by atoms with Gasteiger partial charge in [-0.2, -0.15) is 0 Å². The molecule has 6 N–H and O–H groups in total. The van der Waals surface area contributed by atoms with Crippen LogP contribution in [0.5, 0.6) is 0 Å².